The third-order valence-corrected chi connectivity index (χ3v) is 4.06. The third-order valence-electron chi connectivity index (χ3n) is 3.17. The smallest absolute Gasteiger partial charge is 0.137 e. The standard InChI is InChI=1S/C17H18BrFO/c1-2-3-5-13-8-10-15(11-9-13)20-12-14-6-4-7-16(19)17(14)18/h4,6-11H,2-3,5,12H2,1H3. The molecule has 2 rings (SSSR count). The average molecular weight is 337 g/mol. The van der Waals surface area contributed by atoms with E-state index in [1.165, 1.54) is 24.5 Å². The largest absolute Gasteiger partial charge is 0.489 e. The topological polar surface area (TPSA) is 9.23 Å². The molecule has 106 valence electrons. The maximum absolute atomic E-state index is 13.4. The van der Waals surface area contributed by atoms with Crippen molar-refractivity contribution in [1.82, 2.24) is 0 Å². The van der Waals surface area contributed by atoms with Crippen LogP contribution in [-0.2, 0) is 13.0 Å². The molecule has 0 atom stereocenters. The van der Waals surface area contributed by atoms with Crippen LogP contribution in [0.25, 0.3) is 0 Å². The summed E-state index contributed by atoms with van der Waals surface area (Å²) >= 11 is 3.24. The number of unbranched alkanes of at least 4 members (excludes halogenated alkanes) is 1. The van der Waals surface area contributed by atoms with E-state index in [-0.39, 0.29) is 5.82 Å². The Morgan fingerprint density at radius 3 is 2.55 bits per heavy atom. The van der Waals surface area contributed by atoms with E-state index in [0.29, 0.717) is 11.1 Å². The van der Waals surface area contributed by atoms with E-state index >= 15 is 0 Å². The molecule has 0 heterocycles. The summed E-state index contributed by atoms with van der Waals surface area (Å²) in [5.74, 6) is 0.544. The lowest BCUT2D eigenvalue weighted by atomic mass is 10.1. The van der Waals surface area contributed by atoms with Gasteiger partial charge in [0.25, 0.3) is 0 Å². The summed E-state index contributed by atoms with van der Waals surface area (Å²) in [5, 5.41) is 0. The zero-order valence-electron chi connectivity index (χ0n) is 11.5. The molecule has 0 aliphatic carbocycles. The second-order valence-corrected chi connectivity index (χ2v) is 5.54. The highest BCUT2D eigenvalue weighted by Gasteiger charge is 2.05. The average Bonchev–Trinajstić information content (AvgIpc) is 2.48. The minimum Gasteiger partial charge on any atom is -0.489 e. The maximum atomic E-state index is 13.4. The summed E-state index contributed by atoms with van der Waals surface area (Å²) in [6.07, 6.45) is 3.51. The molecule has 0 aromatic heterocycles. The van der Waals surface area contributed by atoms with Crippen LogP contribution in [0.5, 0.6) is 5.75 Å². The van der Waals surface area contributed by atoms with Gasteiger partial charge in [0.1, 0.15) is 18.2 Å². The molecule has 0 bridgehead atoms. The van der Waals surface area contributed by atoms with Gasteiger partial charge >= 0.3 is 0 Å². The first-order valence-corrected chi connectivity index (χ1v) is 7.64. The summed E-state index contributed by atoms with van der Waals surface area (Å²) < 4.78 is 19.5. The zero-order valence-corrected chi connectivity index (χ0v) is 13.1. The second kappa shape index (κ2) is 7.44. The van der Waals surface area contributed by atoms with Gasteiger partial charge in [-0.1, -0.05) is 37.6 Å². The van der Waals surface area contributed by atoms with Crippen LogP contribution in [0.1, 0.15) is 30.9 Å². The Morgan fingerprint density at radius 2 is 1.85 bits per heavy atom. The number of hydrogen-bond acceptors (Lipinski definition) is 1. The van der Waals surface area contributed by atoms with Crippen molar-refractivity contribution in [3.05, 3.63) is 63.9 Å². The van der Waals surface area contributed by atoms with Crippen molar-refractivity contribution >= 4 is 15.9 Å². The monoisotopic (exact) mass is 336 g/mol. The molecule has 0 N–H and O–H groups in total. The van der Waals surface area contributed by atoms with Gasteiger partial charge in [0, 0.05) is 5.56 Å². The van der Waals surface area contributed by atoms with Gasteiger partial charge in [-0.3, -0.25) is 0 Å². The minimum absolute atomic E-state index is 0.263. The Balaban J connectivity index is 1.95. The number of aryl methyl sites for hydroxylation is 1. The molecule has 0 saturated heterocycles. The van der Waals surface area contributed by atoms with Crippen molar-refractivity contribution in [2.75, 3.05) is 0 Å². The van der Waals surface area contributed by atoms with Crippen LogP contribution in [0.4, 0.5) is 4.39 Å². The Morgan fingerprint density at radius 1 is 1.10 bits per heavy atom. The molecule has 2 aromatic rings. The van der Waals surface area contributed by atoms with Crippen LogP contribution < -0.4 is 4.74 Å². The van der Waals surface area contributed by atoms with Crippen LogP contribution in [-0.4, -0.2) is 0 Å². The van der Waals surface area contributed by atoms with E-state index in [4.69, 9.17) is 4.74 Å². The SMILES string of the molecule is CCCCc1ccc(OCc2cccc(F)c2Br)cc1. The van der Waals surface area contributed by atoms with Gasteiger partial charge < -0.3 is 4.74 Å². The van der Waals surface area contributed by atoms with E-state index in [1.54, 1.807) is 6.07 Å². The molecule has 20 heavy (non-hydrogen) atoms. The first-order chi connectivity index (χ1) is 9.70. The molecule has 3 heteroatoms. The van der Waals surface area contributed by atoms with E-state index in [9.17, 15) is 4.39 Å². The molecule has 0 fully saturated rings. The molecule has 0 aliphatic rings. The molecule has 0 spiro atoms. The number of ether oxygens (including phenoxy) is 1. The van der Waals surface area contributed by atoms with E-state index in [0.717, 1.165) is 17.7 Å². The summed E-state index contributed by atoms with van der Waals surface area (Å²) in [5.41, 5.74) is 2.13. The van der Waals surface area contributed by atoms with Gasteiger partial charge in [0.05, 0.1) is 4.47 Å². The highest BCUT2D eigenvalue weighted by Crippen LogP contribution is 2.22. The summed E-state index contributed by atoms with van der Waals surface area (Å²) in [6.45, 7) is 2.54. The Labute approximate surface area is 127 Å². The highest BCUT2D eigenvalue weighted by molar-refractivity contribution is 9.10. The van der Waals surface area contributed by atoms with Crippen molar-refractivity contribution in [3.8, 4) is 5.75 Å². The van der Waals surface area contributed by atoms with Crippen molar-refractivity contribution < 1.29 is 9.13 Å². The first kappa shape index (κ1) is 15.0. The fourth-order valence-electron chi connectivity index (χ4n) is 1.95. The molecular formula is C17H18BrFO. The van der Waals surface area contributed by atoms with E-state index in [2.05, 4.69) is 35.0 Å². The Kier molecular flexibility index (Phi) is 5.60. The quantitative estimate of drug-likeness (QED) is 0.675. The maximum Gasteiger partial charge on any atom is 0.137 e. The number of rotatable bonds is 6. The highest BCUT2D eigenvalue weighted by atomic mass is 79.9. The number of hydrogen-bond donors (Lipinski definition) is 0. The lowest BCUT2D eigenvalue weighted by molar-refractivity contribution is 0.304. The number of benzene rings is 2. The van der Waals surface area contributed by atoms with Gasteiger partial charge in [-0.15, -0.1) is 0 Å². The van der Waals surface area contributed by atoms with Gasteiger partial charge in [-0.05, 0) is 52.5 Å². The Bertz CT molecular complexity index is 551. The van der Waals surface area contributed by atoms with Gasteiger partial charge in [0.15, 0.2) is 0 Å². The zero-order chi connectivity index (χ0) is 14.4. The summed E-state index contributed by atoms with van der Waals surface area (Å²) in [6, 6.07) is 13.1. The summed E-state index contributed by atoms with van der Waals surface area (Å²) in [4.78, 5) is 0. The summed E-state index contributed by atoms with van der Waals surface area (Å²) in [7, 11) is 0. The molecular weight excluding hydrogens is 319 g/mol. The van der Waals surface area contributed by atoms with Crippen LogP contribution >= 0.6 is 15.9 Å². The predicted molar refractivity (Wildman–Crippen MR) is 83.5 cm³/mol. The third kappa shape index (κ3) is 4.07. The predicted octanol–water partition coefficient (Wildman–Crippen LogP) is 5.51. The van der Waals surface area contributed by atoms with Gasteiger partial charge in [-0.2, -0.15) is 0 Å². The first-order valence-electron chi connectivity index (χ1n) is 6.85. The molecule has 0 aliphatic heterocycles. The number of halogens is 2. The Hall–Kier alpha value is -1.35. The van der Waals surface area contributed by atoms with Crippen LogP contribution in [0, 0.1) is 5.82 Å². The lowest BCUT2D eigenvalue weighted by Gasteiger charge is -2.09. The molecule has 0 amide bonds. The van der Waals surface area contributed by atoms with E-state index in [1.807, 2.05) is 18.2 Å². The van der Waals surface area contributed by atoms with Crippen LogP contribution in [0.15, 0.2) is 46.9 Å². The van der Waals surface area contributed by atoms with Crippen molar-refractivity contribution in [2.45, 2.75) is 32.8 Å². The second-order valence-electron chi connectivity index (χ2n) is 4.75. The van der Waals surface area contributed by atoms with Crippen molar-refractivity contribution in [3.63, 3.8) is 0 Å². The minimum atomic E-state index is -0.263. The molecule has 0 unspecified atom stereocenters. The molecule has 0 saturated carbocycles. The van der Waals surface area contributed by atoms with Gasteiger partial charge in [-0.25, -0.2) is 4.39 Å². The lowest BCUT2D eigenvalue weighted by Crippen LogP contribution is -1.98. The van der Waals surface area contributed by atoms with Crippen LogP contribution in [0.2, 0.25) is 0 Å². The normalized spacial score (nSPS) is 10.6. The van der Waals surface area contributed by atoms with E-state index < -0.39 is 0 Å². The fourth-order valence-corrected chi connectivity index (χ4v) is 2.33. The van der Waals surface area contributed by atoms with Crippen LogP contribution in [0.3, 0.4) is 0 Å². The molecule has 2 aromatic carbocycles. The van der Waals surface area contributed by atoms with Gasteiger partial charge in [0.2, 0.25) is 0 Å². The molecule has 0 radical (unpaired) electrons. The van der Waals surface area contributed by atoms with Crippen molar-refractivity contribution in [2.24, 2.45) is 0 Å². The van der Waals surface area contributed by atoms with Crippen molar-refractivity contribution in [1.29, 1.82) is 0 Å². The fraction of sp³-hybridized carbons (Fsp3) is 0.294. The molecule has 1 nitrogen and oxygen atoms in total.